The first-order valence-electron chi connectivity index (χ1n) is 8.70. The number of amides is 1. The van der Waals surface area contributed by atoms with Crippen LogP contribution in [-0.2, 0) is 4.79 Å². The molecule has 1 saturated heterocycles. The molecule has 2 fully saturated rings. The fourth-order valence-electron chi connectivity index (χ4n) is 3.39. The zero-order valence-electron chi connectivity index (χ0n) is 15.5. The third-order valence-corrected chi connectivity index (χ3v) is 5.36. The van der Waals surface area contributed by atoms with Gasteiger partial charge in [0, 0.05) is 13.1 Å². The number of allylic oxidation sites excluding steroid dienone is 2. The van der Waals surface area contributed by atoms with E-state index in [1.54, 1.807) is 13.1 Å². The first-order chi connectivity index (χ1) is 11.7. The summed E-state index contributed by atoms with van der Waals surface area (Å²) in [5.41, 5.74) is -0.720. The smallest absolute Gasteiger partial charge is 0.270 e. The summed E-state index contributed by atoms with van der Waals surface area (Å²) in [4.78, 5) is 20.5. The summed E-state index contributed by atoms with van der Waals surface area (Å²) >= 11 is 6.31. The number of hydrogen-bond donors (Lipinski definition) is 0. The quantitative estimate of drug-likeness (QED) is 0.548. The van der Waals surface area contributed by atoms with Crippen LogP contribution in [0.4, 0.5) is 4.39 Å². The maximum absolute atomic E-state index is 15.4. The van der Waals surface area contributed by atoms with E-state index in [9.17, 15) is 4.79 Å². The van der Waals surface area contributed by atoms with Gasteiger partial charge >= 0.3 is 0 Å². The normalized spacial score (nSPS) is 28.6. The zero-order chi connectivity index (χ0) is 18.8. The van der Waals surface area contributed by atoms with E-state index >= 15 is 4.39 Å². The summed E-state index contributed by atoms with van der Waals surface area (Å²) in [5.74, 6) is -0.0741. The van der Waals surface area contributed by atoms with Crippen molar-refractivity contribution >= 4 is 23.3 Å². The molecule has 25 heavy (non-hydrogen) atoms. The van der Waals surface area contributed by atoms with Gasteiger partial charge in [0.15, 0.2) is 5.84 Å². The highest BCUT2D eigenvalue weighted by molar-refractivity contribution is 6.30. The molecule has 0 unspecified atom stereocenters. The minimum Gasteiger partial charge on any atom is -0.348 e. The SMILES string of the molecule is C=C[C@]1(F)CN(C2CCCC2)C(=N/C(Cl)=C(C)C)/C(=C\C)N(C)C1=O. The zero-order valence-corrected chi connectivity index (χ0v) is 16.2. The van der Waals surface area contributed by atoms with Gasteiger partial charge in [0.05, 0.1) is 12.2 Å². The largest absolute Gasteiger partial charge is 0.348 e. The highest BCUT2D eigenvalue weighted by Gasteiger charge is 2.47. The summed E-state index contributed by atoms with van der Waals surface area (Å²) in [6.45, 7) is 9.03. The fraction of sp³-hybridized carbons (Fsp3) is 0.579. The molecule has 1 amide bonds. The molecule has 4 nitrogen and oxygen atoms in total. The Balaban J connectivity index is 2.65. The lowest BCUT2D eigenvalue weighted by Gasteiger charge is -2.33. The van der Waals surface area contributed by atoms with Crippen LogP contribution in [0.25, 0.3) is 0 Å². The Bertz CT molecular complexity index is 645. The molecule has 0 aromatic heterocycles. The van der Waals surface area contributed by atoms with Crippen LogP contribution in [0.2, 0.25) is 0 Å². The van der Waals surface area contributed by atoms with E-state index in [4.69, 9.17) is 11.6 Å². The summed E-state index contributed by atoms with van der Waals surface area (Å²) in [6, 6.07) is 0.143. The third-order valence-electron chi connectivity index (χ3n) is 4.90. The second kappa shape index (κ2) is 7.73. The molecule has 1 aliphatic carbocycles. The Morgan fingerprint density at radius 1 is 1.40 bits per heavy atom. The monoisotopic (exact) mass is 367 g/mol. The molecule has 0 radical (unpaired) electrons. The average molecular weight is 368 g/mol. The Hall–Kier alpha value is -1.62. The van der Waals surface area contributed by atoms with Crippen molar-refractivity contribution in [1.82, 2.24) is 9.80 Å². The number of likely N-dealkylation sites (N-methyl/N-ethyl adjacent to an activating group) is 1. The van der Waals surface area contributed by atoms with Gasteiger partial charge in [-0.25, -0.2) is 9.38 Å². The lowest BCUT2D eigenvalue weighted by Crippen LogP contribution is -2.48. The van der Waals surface area contributed by atoms with Crippen molar-refractivity contribution in [3.63, 3.8) is 0 Å². The van der Waals surface area contributed by atoms with Gasteiger partial charge in [0.25, 0.3) is 5.91 Å². The van der Waals surface area contributed by atoms with Gasteiger partial charge in [-0.2, -0.15) is 0 Å². The first-order valence-corrected chi connectivity index (χ1v) is 9.08. The molecule has 1 saturated carbocycles. The number of nitrogens with zero attached hydrogens (tertiary/aromatic N) is 3. The number of hydrogen-bond acceptors (Lipinski definition) is 2. The number of amidine groups is 1. The van der Waals surface area contributed by atoms with Crippen molar-refractivity contribution in [2.45, 2.75) is 58.2 Å². The van der Waals surface area contributed by atoms with E-state index < -0.39 is 11.6 Å². The van der Waals surface area contributed by atoms with Crippen molar-refractivity contribution in [2.24, 2.45) is 4.99 Å². The standard InChI is InChI=1S/C19H27ClFN3O/c1-6-15-17(22-16(20)13(3)4)24(14-10-8-9-11-14)12-19(21,7-2)18(25)23(15)5/h6-7,14H,2,8-12H2,1,3-5H3/b15-6+,22-17+/t19-/m0/s1. The average Bonchev–Trinajstić information content (AvgIpc) is 3.10. The topological polar surface area (TPSA) is 35.9 Å². The van der Waals surface area contributed by atoms with E-state index in [-0.39, 0.29) is 12.6 Å². The molecule has 0 spiro atoms. The fourth-order valence-corrected chi connectivity index (χ4v) is 3.47. The van der Waals surface area contributed by atoms with Crippen molar-refractivity contribution in [3.05, 3.63) is 35.2 Å². The molecule has 0 aromatic carbocycles. The Labute approximate surface area is 154 Å². The van der Waals surface area contributed by atoms with Crippen LogP contribution >= 0.6 is 11.6 Å². The lowest BCUT2D eigenvalue weighted by molar-refractivity contribution is -0.137. The molecule has 1 atom stereocenters. The second-order valence-corrected chi connectivity index (χ2v) is 7.26. The van der Waals surface area contributed by atoms with Crippen LogP contribution in [0.3, 0.4) is 0 Å². The van der Waals surface area contributed by atoms with E-state index in [2.05, 4.69) is 11.6 Å². The van der Waals surface area contributed by atoms with Crippen molar-refractivity contribution < 1.29 is 9.18 Å². The van der Waals surface area contributed by atoms with E-state index in [1.165, 1.54) is 4.90 Å². The summed E-state index contributed by atoms with van der Waals surface area (Å²) in [6.07, 6.45) is 6.97. The van der Waals surface area contributed by atoms with Gasteiger partial charge in [-0.15, -0.1) is 0 Å². The Morgan fingerprint density at radius 3 is 2.48 bits per heavy atom. The van der Waals surface area contributed by atoms with Gasteiger partial charge in [0.1, 0.15) is 5.16 Å². The Morgan fingerprint density at radius 2 is 2.00 bits per heavy atom. The number of carbonyl (C=O) groups excluding carboxylic acids is 1. The molecule has 2 rings (SSSR count). The van der Waals surface area contributed by atoms with Crippen LogP contribution in [0.1, 0.15) is 46.5 Å². The molecule has 0 N–H and O–H groups in total. The van der Waals surface area contributed by atoms with Crippen LogP contribution < -0.4 is 0 Å². The molecular formula is C19H27ClFN3O. The van der Waals surface area contributed by atoms with Gasteiger partial charge in [-0.05, 0) is 45.3 Å². The number of aliphatic imine (C=N–C) groups is 1. The number of halogens is 2. The van der Waals surface area contributed by atoms with E-state index in [0.717, 1.165) is 37.3 Å². The predicted molar refractivity (Wildman–Crippen MR) is 101 cm³/mol. The second-order valence-electron chi connectivity index (χ2n) is 6.90. The van der Waals surface area contributed by atoms with Gasteiger partial charge in [-0.3, -0.25) is 4.79 Å². The molecule has 0 bridgehead atoms. The van der Waals surface area contributed by atoms with Crippen LogP contribution in [0.5, 0.6) is 0 Å². The van der Waals surface area contributed by atoms with E-state index in [1.807, 2.05) is 25.7 Å². The van der Waals surface area contributed by atoms with E-state index in [0.29, 0.717) is 16.7 Å². The number of rotatable bonds is 3. The number of carbonyl (C=O) groups is 1. The molecule has 6 heteroatoms. The molecular weight excluding hydrogens is 341 g/mol. The summed E-state index contributed by atoms with van der Waals surface area (Å²) in [5, 5.41) is 0.364. The minimum absolute atomic E-state index is 0.0898. The predicted octanol–water partition coefficient (Wildman–Crippen LogP) is 4.39. The molecule has 138 valence electrons. The maximum atomic E-state index is 15.4. The summed E-state index contributed by atoms with van der Waals surface area (Å²) in [7, 11) is 1.57. The highest BCUT2D eigenvalue weighted by Crippen LogP contribution is 2.33. The van der Waals surface area contributed by atoms with Crippen molar-refractivity contribution in [1.29, 1.82) is 0 Å². The first kappa shape index (κ1) is 19.7. The van der Waals surface area contributed by atoms with Crippen molar-refractivity contribution in [3.8, 4) is 0 Å². The van der Waals surface area contributed by atoms with Crippen LogP contribution in [0, 0.1) is 0 Å². The molecule has 1 heterocycles. The van der Waals surface area contributed by atoms with Crippen molar-refractivity contribution in [2.75, 3.05) is 13.6 Å². The van der Waals surface area contributed by atoms with Gasteiger partial charge < -0.3 is 9.80 Å². The maximum Gasteiger partial charge on any atom is 0.270 e. The van der Waals surface area contributed by atoms with Crippen LogP contribution in [-0.4, -0.2) is 46.8 Å². The number of alkyl halides is 1. The lowest BCUT2D eigenvalue weighted by atomic mass is 10.0. The van der Waals surface area contributed by atoms with Crippen LogP contribution in [0.15, 0.2) is 40.1 Å². The molecule has 1 aliphatic heterocycles. The minimum atomic E-state index is -2.15. The molecule has 0 aromatic rings. The summed E-state index contributed by atoms with van der Waals surface area (Å²) < 4.78 is 15.4. The molecule has 2 aliphatic rings. The van der Waals surface area contributed by atoms with Gasteiger partial charge in [0.2, 0.25) is 5.67 Å². The Kier molecular flexibility index (Phi) is 6.09. The van der Waals surface area contributed by atoms with Gasteiger partial charge in [-0.1, -0.05) is 37.1 Å². The highest BCUT2D eigenvalue weighted by atomic mass is 35.5. The third kappa shape index (κ3) is 3.81.